The summed E-state index contributed by atoms with van der Waals surface area (Å²) in [7, 11) is 0. The number of nitrogen functional groups attached to an aromatic ring is 1. The van der Waals surface area contributed by atoms with Crippen molar-refractivity contribution in [2.75, 3.05) is 12.3 Å². The number of ether oxygens (including phenoxy) is 1. The van der Waals surface area contributed by atoms with Crippen LogP contribution in [0.2, 0.25) is 0 Å². The van der Waals surface area contributed by atoms with Crippen LogP contribution in [0.5, 0.6) is 0 Å². The van der Waals surface area contributed by atoms with Gasteiger partial charge in [0.15, 0.2) is 0 Å². The Labute approximate surface area is 126 Å². The first-order valence-electron chi connectivity index (χ1n) is 6.54. The topological polar surface area (TPSA) is 74.2 Å². The van der Waals surface area contributed by atoms with Crippen molar-refractivity contribution in [1.29, 1.82) is 0 Å². The molecule has 0 bridgehead atoms. The largest absolute Gasteiger partial charge is 0.397 e. The van der Waals surface area contributed by atoms with Gasteiger partial charge in [0.25, 0.3) is 5.89 Å². The van der Waals surface area contributed by atoms with Crippen LogP contribution in [-0.2, 0) is 4.74 Å². The van der Waals surface area contributed by atoms with Gasteiger partial charge in [0.2, 0.25) is 5.82 Å². The lowest BCUT2D eigenvalue weighted by Gasteiger charge is -2.16. The van der Waals surface area contributed by atoms with E-state index >= 15 is 0 Å². The first kappa shape index (κ1) is 15.0. The Morgan fingerprint density at radius 3 is 2.80 bits per heavy atom. The molecule has 20 heavy (non-hydrogen) atoms. The van der Waals surface area contributed by atoms with Gasteiger partial charge in [-0.1, -0.05) is 25.1 Å². The second-order valence-corrected chi connectivity index (χ2v) is 5.63. The summed E-state index contributed by atoms with van der Waals surface area (Å²) in [6.07, 6.45) is -0.175. The molecule has 0 spiro atoms. The molecule has 2 N–H and O–H groups in total. The van der Waals surface area contributed by atoms with E-state index in [9.17, 15) is 0 Å². The fraction of sp³-hybridized carbons (Fsp3) is 0.429. The Morgan fingerprint density at radius 1 is 1.40 bits per heavy atom. The van der Waals surface area contributed by atoms with Crippen LogP contribution in [0, 0.1) is 5.92 Å². The van der Waals surface area contributed by atoms with E-state index < -0.39 is 0 Å². The van der Waals surface area contributed by atoms with Gasteiger partial charge in [-0.25, -0.2) is 0 Å². The zero-order valence-corrected chi connectivity index (χ0v) is 13.3. The highest BCUT2D eigenvalue weighted by molar-refractivity contribution is 9.10. The quantitative estimate of drug-likeness (QED) is 0.838. The third-order valence-electron chi connectivity index (χ3n) is 2.93. The predicted octanol–water partition coefficient (Wildman–Crippen LogP) is 3.81. The molecule has 0 aliphatic carbocycles. The summed E-state index contributed by atoms with van der Waals surface area (Å²) in [6, 6.07) is 5.60. The van der Waals surface area contributed by atoms with Crippen LogP contribution < -0.4 is 5.73 Å². The van der Waals surface area contributed by atoms with Gasteiger partial charge in [-0.3, -0.25) is 0 Å². The maximum atomic E-state index is 6.01. The molecule has 0 radical (unpaired) electrons. The zero-order chi connectivity index (χ0) is 14.7. The van der Waals surface area contributed by atoms with Crippen LogP contribution in [0.3, 0.4) is 0 Å². The third-order valence-corrected chi connectivity index (χ3v) is 3.62. The van der Waals surface area contributed by atoms with Gasteiger partial charge in [0, 0.05) is 11.1 Å². The number of hydrogen-bond acceptors (Lipinski definition) is 5. The number of hydrogen-bond donors (Lipinski definition) is 1. The monoisotopic (exact) mass is 339 g/mol. The van der Waals surface area contributed by atoms with Crippen LogP contribution in [0.25, 0.3) is 11.5 Å². The van der Waals surface area contributed by atoms with E-state index in [1.54, 1.807) is 0 Å². The van der Waals surface area contributed by atoms with Gasteiger partial charge in [-0.15, -0.1) is 0 Å². The van der Waals surface area contributed by atoms with Crippen molar-refractivity contribution in [2.45, 2.75) is 26.9 Å². The highest BCUT2D eigenvalue weighted by Crippen LogP contribution is 2.32. The number of benzene rings is 1. The number of nitrogens with two attached hydrogens (primary N) is 1. The number of anilines is 1. The van der Waals surface area contributed by atoms with E-state index in [1.807, 2.05) is 25.1 Å². The fourth-order valence-corrected chi connectivity index (χ4v) is 2.29. The molecule has 0 fully saturated rings. The summed E-state index contributed by atoms with van der Waals surface area (Å²) in [5.41, 5.74) is 7.32. The number of para-hydroxylation sites is 1. The van der Waals surface area contributed by atoms with E-state index in [0.29, 0.717) is 24.0 Å². The molecule has 2 aromatic rings. The van der Waals surface area contributed by atoms with Crippen molar-refractivity contribution in [2.24, 2.45) is 5.92 Å². The molecule has 108 valence electrons. The average molecular weight is 340 g/mol. The molecule has 1 unspecified atom stereocenters. The Kier molecular flexibility index (Phi) is 4.77. The van der Waals surface area contributed by atoms with Crippen molar-refractivity contribution in [3.63, 3.8) is 0 Å². The van der Waals surface area contributed by atoms with E-state index in [-0.39, 0.29) is 12.0 Å². The van der Waals surface area contributed by atoms with Crippen LogP contribution in [-0.4, -0.2) is 16.7 Å². The second kappa shape index (κ2) is 6.37. The molecule has 5 nitrogen and oxygen atoms in total. The predicted molar refractivity (Wildman–Crippen MR) is 81.1 cm³/mol. The first-order chi connectivity index (χ1) is 9.54. The minimum absolute atomic E-state index is 0.175. The minimum atomic E-state index is -0.175. The Bertz CT molecular complexity index is 584. The highest BCUT2D eigenvalue weighted by Gasteiger charge is 2.23. The van der Waals surface area contributed by atoms with Gasteiger partial charge in [0.05, 0.1) is 11.3 Å². The fourth-order valence-electron chi connectivity index (χ4n) is 1.93. The van der Waals surface area contributed by atoms with Gasteiger partial charge >= 0.3 is 0 Å². The normalized spacial score (nSPS) is 12.8. The van der Waals surface area contributed by atoms with Crippen molar-refractivity contribution in [3.8, 4) is 11.5 Å². The van der Waals surface area contributed by atoms with Crippen LogP contribution in [0.1, 0.15) is 32.7 Å². The molecule has 0 aliphatic heterocycles. The van der Waals surface area contributed by atoms with E-state index in [4.69, 9.17) is 15.0 Å². The molecule has 1 heterocycles. The minimum Gasteiger partial charge on any atom is -0.397 e. The number of halogens is 1. The summed E-state index contributed by atoms with van der Waals surface area (Å²) >= 11 is 3.39. The van der Waals surface area contributed by atoms with E-state index in [0.717, 1.165) is 10.0 Å². The van der Waals surface area contributed by atoms with Crippen molar-refractivity contribution >= 4 is 21.6 Å². The first-order valence-corrected chi connectivity index (χ1v) is 7.33. The van der Waals surface area contributed by atoms with Gasteiger partial charge in [0.1, 0.15) is 6.10 Å². The van der Waals surface area contributed by atoms with Crippen molar-refractivity contribution in [3.05, 3.63) is 28.5 Å². The molecule has 0 saturated heterocycles. The molecule has 0 saturated carbocycles. The average Bonchev–Trinajstić information content (AvgIpc) is 2.88. The SMILES string of the molecule is CCOC(c1noc(-c2cccc(Br)c2N)n1)C(C)C. The zero-order valence-electron chi connectivity index (χ0n) is 11.8. The molecule has 1 aromatic carbocycles. The Hall–Kier alpha value is -1.40. The molecule has 2 rings (SSSR count). The van der Waals surface area contributed by atoms with Gasteiger partial charge in [-0.2, -0.15) is 4.98 Å². The molecule has 1 atom stereocenters. The van der Waals surface area contributed by atoms with Gasteiger partial charge < -0.3 is 15.0 Å². The van der Waals surface area contributed by atoms with E-state index in [2.05, 4.69) is 39.9 Å². The molecular weight excluding hydrogens is 322 g/mol. The summed E-state index contributed by atoms with van der Waals surface area (Å²) in [5.74, 6) is 1.22. The van der Waals surface area contributed by atoms with Crippen LogP contribution in [0.4, 0.5) is 5.69 Å². The van der Waals surface area contributed by atoms with Crippen molar-refractivity contribution < 1.29 is 9.26 Å². The number of aromatic nitrogens is 2. The third kappa shape index (κ3) is 3.02. The van der Waals surface area contributed by atoms with Crippen molar-refractivity contribution in [1.82, 2.24) is 10.1 Å². The van der Waals surface area contributed by atoms with Gasteiger partial charge in [-0.05, 0) is 40.9 Å². The molecule has 0 aliphatic rings. The lowest BCUT2D eigenvalue weighted by Crippen LogP contribution is -2.12. The summed E-state index contributed by atoms with van der Waals surface area (Å²) in [6.45, 7) is 6.67. The van der Waals surface area contributed by atoms with E-state index in [1.165, 1.54) is 0 Å². The maximum absolute atomic E-state index is 6.01. The highest BCUT2D eigenvalue weighted by atomic mass is 79.9. The maximum Gasteiger partial charge on any atom is 0.260 e. The van der Waals surface area contributed by atoms with Crippen LogP contribution in [0.15, 0.2) is 27.2 Å². The Balaban J connectivity index is 2.35. The standard InChI is InChI=1S/C14H18BrN3O2/c1-4-19-12(8(2)3)13-17-14(20-18-13)9-6-5-7-10(15)11(9)16/h5-8,12H,4,16H2,1-3H3. The molecular formula is C14H18BrN3O2. The molecule has 0 amide bonds. The molecule has 1 aromatic heterocycles. The lowest BCUT2D eigenvalue weighted by atomic mass is 10.1. The summed E-state index contributed by atoms with van der Waals surface area (Å²) < 4.78 is 11.8. The second-order valence-electron chi connectivity index (χ2n) is 4.78. The smallest absolute Gasteiger partial charge is 0.260 e. The Morgan fingerprint density at radius 2 is 2.15 bits per heavy atom. The summed E-state index contributed by atoms with van der Waals surface area (Å²) in [5, 5.41) is 4.02. The number of rotatable bonds is 5. The van der Waals surface area contributed by atoms with Crippen LogP contribution >= 0.6 is 15.9 Å². The summed E-state index contributed by atoms with van der Waals surface area (Å²) in [4.78, 5) is 4.42. The number of nitrogens with zero attached hydrogens (tertiary/aromatic N) is 2. The molecule has 6 heteroatoms. The lowest BCUT2D eigenvalue weighted by molar-refractivity contribution is 0.0217.